The van der Waals surface area contributed by atoms with E-state index in [2.05, 4.69) is 5.10 Å². The Hall–Kier alpha value is -1.82. The number of hydrogen-bond acceptors (Lipinski definition) is 2. The number of rotatable bonds is 3. The minimum Gasteiger partial charge on any atom is -0.390 e. The highest BCUT2D eigenvalue weighted by atomic mass is 19.4. The Kier molecular flexibility index (Phi) is 3.61. The molecule has 19 heavy (non-hydrogen) atoms. The molecule has 1 N–H and O–H groups in total. The average Bonchev–Trinajstić information content (AvgIpc) is 2.68. The van der Waals surface area contributed by atoms with Crippen molar-refractivity contribution in [3.8, 4) is 0 Å². The van der Waals surface area contributed by atoms with Gasteiger partial charge in [-0.1, -0.05) is 18.2 Å². The molecular weight excluding hydrogens is 257 g/mol. The SMILES string of the molecule is Cn1nc(Cc2cccc(C(F)(F)F)c2)cc1CO. The summed E-state index contributed by atoms with van der Waals surface area (Å²) in [5.41, 5.74) is 1.13. The van der Waals surface area contributed by atoms with E-state index >= 15 is 0 Å². The summed E-state index contributed by atoms with van der Waals surface area (Å²) in [7, 11) is 1.68. The molecule has 102 valence electrons. The smallest absolute Gasteiger partial charge is 0.390 e. The van der Waals surface area contributed by atoms with Gasteiger partial charge in [-0.3, -0.25) is 4.68 Å². The van der Waals surface area contributed by atoms with Gasteiger partial charge in [-0.2, -0.15) is 18.3 Å². The van der Waals surface area contributed by atoms with Crippen LogP contribution in [-0.4, -0.2) is 14.9 Å². The highest BCUT2D eigenvalue weighted by molar-refractivity contribution is 5.29. The van der Waals surface area contributed by atoms with Gasteiger partial charge in [-0.05, 0) is 17.7 Å². The maximum Gasteiger partial charge on any atom is 0.416 e. The van der Waals surface area contributed by atoms with Gasteiger partial charge < -0.3 is 5.11 Å². The summed E-state index contributed by atoms with van der Waals surface area (Å²) < 4.78 is 39.2. The van der Waals surface area contributed by atoms with E-state index in [1.165, 1.54) is 10.7 Å². The summed E-state index contributed by atoms with van der Waals surface area (Å²) in [5, 5.41) is 13.2. The van der Waals surface area contributed by atoms with Crippen LogP contribution in [0, 0.1) is 0 Å². The van der Waals surface area contributed by atoms with E-state index in [0.29, 0.717) is 23.4 Å². The van der Waals surface area contributed by atoms with Crippen molar-refractivity contribution in [1.29, 1.82) is 0 Å². The molecule has 1 aromatic carbocycles. The van der Waals surface area contributed by atoms with Crippen molar-refractivity contribution < 1.29 is 18.3 Å². The normalized spacial score (nSPS) is 11.8. The molecule has 6 heteroatoms. The van der Waals surface area contributed by atoms with Crippen LogP contribution in [0.2, 0.25) is 0 Å². The predicted octanol–water partition coefficient (Wildman–Crippen LogP) is 2.52. The molecule has 0 saturated carbocycles. The van der Waals surface area contributed by atoms with E-state index in [1.807, 2.05) is 0 Å². The molecule has 0 amide bonds. The van der Waals surface area contributed by atoms with Crippen LogP contribution in [0.5, 0.6) is 0 Å². The van der Waals surface area contributed by atoms with Crippen LogP contribution in [0.25, 0.3) is 0 Å². The summed E-state index contributed by atoms with van der Waals surface area (Å²) >= 11 is 0. The summed E-state index contributed by atoms with van der Waals surface area (Å²) in [4.78, 5) is 0. The van der Waals surface area contributed by atoms with Crippen LogP contribution < -0.4 is 0 Å². The second-order valence-corrected chi connectivity index (χ2v) is 4.28. The van der Waals surface area contributed by atoms with Gasteiger partial charge in [0.2, 0.25) is 0 Å². The average molecular weight is 270 g/mol. The standard InChI is InChI=1S/C13H13F3N2O/c1-18-12(8-19)7-11(17-18)6-9-3-2-4-10(5-9)13(14,15)16/h2-5,7,19H,6,8H2,1H3. The minimum atomic E-state index is -4.34. The molecule has 0 saturated heterocycles. The third-order valence-corrected chi connectivity index (χ3v) is 2.83. The van der Waals surface area contributed by atoms with Crippen molar-refractivity contribution in [2.24, 2.45) is 7.05 Å². The molecule has 0 spiro atoms. The maximum atomic E-state index is 12.6. The Morgan fingerprint density at radius 1 is 1.26 bits per heavy atom. The van der Waals surface area contributed by atoms with Crippen molar-refractivity contribution in [3.63, 3.8) is 0 Å². The molecule has 3 nitrogen and oxygen atoms in total. The summed E-state index contributed by atoms with van der Waals surface area (Å²) in [6.07, 6.45) is -4.03. The van der Waals surface area contributed by atoms with Crippen molar-refractivity contribution in [1.82, 2.24) is 9.78 Å². The van der Waals surface area contributed by atoms with E-state index in [9.17, 15) is 13.2 Å². The van der Waals surface area contributed by atoms with Crippen LogP contribution in [0.4, 0.5) is 13.2 Å². The molecule has 1 aromatic heterocycles. The summed E-state index contributed by atoms with van der Waals surface area (Å²) in [6, 6.07) is 6.85. The molecular formula is C13H13F3N2O. The van der Waals surface area contributed by atoms with Gasteiger partial charge in [0.25, 0.3) is 0 Å². The number of benzene rings is 1. The largest absolute Gasteiger partial charge is 0.416 e. The molecule has 2 rings (SSSR count). The Balaban J connectivity index is 2.23. The lowest BCUT2D eigenvalue weighted by Crippen LogP contribution is -2.05. The lowest BCUT2D eigenvalue weighted by molar-refractivity contribution is -0.137. The minimum absolute atomic E-state index is 0.147. The number of aryl methyl sites for hydroxylation is 1. The number of alkyl halides is 3. The fraction of sp³-hybridized carbons (Fsp3) is 0.308. The molecule has 0 unspecified atom stereocenters. The lowest BCUT2D eigenvalue weighted by Gasteiger charge is -2.07. The van der Waals surface area contributed by atoms with Crippen molar-refractivity contribution in [3.05, 3.63) is 52.8 Å². The molecule has 0 bridgehead atoms. The number of nitrogens with zero attached hydrogens (tertiary/aromatic N) is 2. The predicted molar refractivity (Wildman–Crippen MR) is 63.4 cm³/mol. The van der Waals surface area contributed by atoms with Crippen LogP contribution in [0.3, 0.4) is 0 Å². The van der Waals surface area contributed by atoms with Crippen molar-refractivity contribution in [2.45, 2.75) is 19.2 Å². The molecule has 1 heterocycles. The second-order valence-electron chi connectivity index (χ2n) is 4.28. The third kappa shape index (κ3) is 3.14. The van der Waals surface area contributed by atoms with Gasteiger partial charge in [0.1, 0.15) is 0 Å². The molecule has 2 aromatic rings. The van der Waals surface area contributed by atoms with Crippen LogP contribution in [0.15, 0.2) is 30.3 Å². The third-order valence-electron chi connectivity index (χ3n) is 2.83. The Morgan fingerprint density at radius 2 is 2.00 bits per heavy atom. The van der Waals surface area contributed by atoms with E-state index < -0.39 is 11.7 Å². The van der Waals surface area contributed by atoms with E-state index in [0.717, 1.165) is 12.1 Å². The topological polar surface area (TPSA) is 38.0 Å². The zero-order valence-corrected chi connectivity index (χ0v) is 10.3. The van der Waals surface area contributed by atoms with Crippen LogP contribution >= 0.6 is 0 Å². The van der Waals surface area contributed by atoms with Crippen molar-refractivity contribution >= 4 is 0 Å². The zero-order valence-electron chi connectivity index (χ0n) is 10.3. The van der Waals surface area contributed by atoms with E-state index in [-0.39, 0.29) is 6.61 Å². The Morgan fingerprint density at radius 3 is 2.58 bits per heavy atom. The Labute approximate surface area is 108 Å². The first-order valence-corrected chi connectivity index (χ1v) is 5.69. The highest BCUT2D eigenvalue weighted by Gasteiger charge is 2.30. The monoisotopic (exact) mass is 270 g/mol. The van der Waals surface area contributed by atoms with Gasteiger partial charge in [0.15, 0.2) is 0 Å². The first-order valence-electron chi connectivity index (χ1n) is 5.69. The molecule has 0 aliphatic rings. The van der Waals surface area contributed by atoms with Gasteiger partial charge >= 0.3 is 6.18 Å². The number of aromatic nitrogens is 2. The van der Waals surface area contributed by atoms with Crippen LogP contribution in [0.1, 0.15) is 22.5 Å². The van der Waals surface area contributed by atoms with Gasteiger partial charge in [-0.15, -0.1) is 0 Å². The molecule has 0 fully saturated rings. The number of hydrogen-bond donors (Lipinski definition) is 1. The fourth-order valence-electron chi connectivity index (χ4n) is 1.87. The number of halogens is 3. The molecule has 0 aliphatic carbocycles. The second kappa shape index (κ2) is 5.05. The number of aliphatic hydroxyl groups is 1. The first-order chi connectivity index (χ1) is 8.90. The van der Waals surface area contributed by atoms with Gasteiger partial charge in [0, 0.05) is 13.5 Å². The summed E-state index contributed by atoms with van der Waals surface area (Å²) in [6.45, 7) is -0.147. The quantitative estimate of drug-likeness (QED) is 0.930. The molecule has 0 atom stereocenters. The number of aliphatic hydroxyl groups excluding tert-OH is 1. The highest BCUT2D eigenvalue weighted by Crippen LogP contribution is 2.29. The molecule has 0 aliphatic heterocycles. The lowest BCUT2D eigenvalue weighted by atomic mass is 10.1. The van der Waals surface area contributed by atoms with Gasteiger partial charge in [-0.25, -0.2) is 0 Å². The first kappa shape index (κ1) is 13.6. The van der Waals surface area contributed by atoms with E-state index in [4.69, 9.17) is 5.11 Å². The van der Waals surface area contributed by atoms with Gasteiger partial charge in [0.05, 0.1) is 23.6 Å². The van der Waals surface area contributed by atoms with Crippen molar-refractivity contribution in [2.75, 3.05) is 0 Å². The maximum absolute atomic E-state index is 12.6. The fourth-order valence-corrected chi connectivity index (χ4v) is 1.87. The van der Waals surface area contributed by atoms with Crippen LogP contribution in [-0.2, 0) is 26.3 Å². The van der Waals surface area contributed by atoms with E-state index in [1.54, 1.807) is 19.2 Å². The molecule has 0 radical (unpaired) electrons. The summed E-state index contributed by atoms with van der Waals surface area (Å²) in [5.74, 6) is 0. The zero-order chi connectivity index (χ0) is 14.0. The Bertz CT molecular complexity index is 576.